The topological polar surface area (TPSA) is 63.4 Å². The summed E-state index contributed by atoms with van der Waals surface area (Å²) in [6.07, 6.45) is 2.05. The van der Waals surface area contributed by atoms with Crippen LogP contribution >= 0.6 is 0 Å². The highest BCUT2D eigenvalue weighted by molar-refractivity contribution is 5.31. The van der Waals surface area contributed by atoms with Crippen molar-refractivity contribution < 1.29 is 14.4 Å². The van der Waals surface area contributed by atoms with Gasteiger partial charge in [-0.1, -0.05) is 43.7 Å². The lowest BCUT2D eigenvalue weighted by Crippen LogP contribution is -1.90. The summed E-state index contributed by atoms with van der Waals surface area (Å²) in [6.45, 7) is 2.10. The Morgan fingerprint density at radius 3 is 2.25 bits per heavy atom. The van der Waals surface area contributed by atoms with Crippen molar-refractivity contribution in [2.45, 2.75) is 19.8 Å². The second-order valence-electron chi connectivity index (χ2n) is 4.09. The van der Waals surface area contributed by atoms with Gasteiger partial charge in [-0.05, 0) is 24.1 Å². The number of nitrogens with zero attached hydrogens (tertiary/aromatic N) is 1. The van der Waals surface area contributed by atoms with Crippen molar-refractivity contribution in [1.29, 1.82) is 0 Å². The van der Waals surface area contributed by atoms with E-state index in [0.717, 1.165) is 30.5 Å². The van der Waals surface area contributed by atoms with E-state index >= 15 is 0 Å². The van der Waals surface area contributed by atoms with Gasteiger partial charge in [0.25, 0.3) is 0 Å². The zero-order valence-corrected chi connectivity index (χ0v) is 11.1. The van der Waals surface area contributed by atoms with Crippen molar-refractivity contribution in [2.24, 2.45) is 0 Å². The number of aryl methyl sites for hydroxylation is 1. The van der Waals surface area contributed by atoms with E-state index in [1.165, 1.54) is 12.1 Å². The fourth-order valence-electron chi connectivity index (χ4n) is 1.59. The Morgan fingerprint density at radius 2 is 1.75 bits per heavy atom. The van der Waals surface area contributed by atoms with Crippen molar-refractivity contribution in [2.75, 3.05) is 0 Å². The molecule has 0 spiro atoms. The van der Waals surface area contributed by atoms with Gasteiger partial charge >= 0.3 is 5.69 Å². The second-order valence-corrected chi connectivity index (χ2v) is 4.09. The Balaban J connectivity index is 0.000000200. The van der Waals surface area contributed by atoms with Crippen LogP contribution in [0.3, 0.4) is 0 Å². The predicted molar refractivity (Wildman–Crippen MR) is 75.2 cm³/mol. The molecular weight excluding hydrogens is 261 g/mol. The number of aromatic hydroxyl groups is 1. The Labute approximate surface area is 116 Å². The van der Waals surface area contributed by atoms with Crippen LogP contribution in [0.1, 0.15) is 18.9 Å². The maximum atomic E-state index is 12.4. The Morgan fingerprint density at radius 1 is 1.15 bits per heavy atom. The number of benzene rings is 2. The number of phenols is 1. The minimum Gasteiger partial charge on any atom is -0.508 e. The summed E-state index contributed by atoms with van der Waals surface area (Å²) in [6, 6.07) is 12.5. The molecule has 0 amide bonds. The molecule has 0 saturated heterocycles. The summed E-state index contributed by atoms with van der Waals surface area (Å²) in [5.74, 6) is -0.378. The van der Waals surface area contributed by atoms with Gasteiger partial charge in [-0.25, -0.2) is 0 Å². The quantitative estimate of drug-likeness (QED) is 0.679. The first-order valence-electron chi connectivity index (χ1n) is 6.22. The van der Waals surface area contributed by atoms with Gasteiger partial charge in [0, 0.05) is 6.07 Å². The van der Waals surface area contributed by atoms with Crippen molar-refractivity contribution in [1.82, 2.24) is 0 Å². The number of hydrogen-bond donors (Lipinski definition) is 1. The molecule has 0 atom stereocenters. The van der Waals surface area contributed by atoms with Gasteiger partial charge in [-0.15, -0.1) is 0 Å². The molecule has 1 N–H and O–H groups in total. The van der Waals surface area contributed by atoms with E-state index in [0.29, 0.717) is 5.75 Å². The third-order valence-electron chi connectivity index (χ3n) is 2.56. The van der Waals surface area contributed by atoms with Crippen LogP contribution in [0.5, 0.6) is 5.75 Å². The monoisotopic (exact) mass is 277 g/mol. The van der Waals surface area contributed by atoms with E-state index in [9.17, 15) is 19.6 Å². The molecule has 0 aliphatic heterocycles. The van der Waals surface area contributed by atoms with Crippen molar-refractivity contribution in [3.63, 3.8) is 0 Å². The zero-order chi connectivity index (χ0) is 15.0. The van der Waals surface area contributed by atoms with Gasteiger partial charge in [0.05, 0.1) is 4.92 Å². The van der Waals surface area contributed by atoms with E-state index in [-0.39, 0.29) is 0 Å². The number of para-hydroxylation sites is 2. The van der Waals surface area contributed by atoms with Gasteiger partial charge in [-0.3, -0.25) is 10.1 Å². The van der Waals surface area contributed by atoms with Crippen LogP contribution in [0.25, 0.3) is 0 Å². The van der Waals surface area contributed by atoms with Gasteiger partial charge in [0.1, 0.15) is 5.75 Å². The molecule has 0 aliphatic rings. The number of rotatable bonds is 3. The largest absolute Gasteiger partial charge is 0.508 e. The molecule has 0 aromatic heterocycles. The Kier molecular flexibility index (Phi) is 6.16. The van der Waals surface area contributed by atoms with Crippen LogP contribution < -0.4 is 0 Å². The summed E-state index contributed by atoms with van der Waals surface area (Å²) in [5.41, 5.74) is 0.563. The van der Waals surface area contributed by atoms with Crippen LogP contribution in [0.15, 0.2) is 48.5 Å². The van der Waals surface area contributed by atoms with Crippen LogP contribution in [-0.4, -0.2) is 10.0 Å². The number of nitro benzene ring substituents is 1. The van der Waals surface area contributed by atoms with Crippen molar-refractivity contribution >= 4 is 5.69 Å². The zero-order valence-electron chi connectivity index (χ0n) is 11.1. The predicted octanol–water partition coefficient (Wildman–Crippen LogP) is 4.08. The normalized spacial score (nSPS) is 9.50. The first-order chi connectivity index (χ1) is 9.56. The first kappa shape index (κ1) is 15.6. The lowest BCUT2D eigenvalue weighted by Gasteiger charge is -1.99. The lowest BCUT2D eigenvalue weighted by atomic mass is 10.1. The molecule has 5 heteroatoms. The minimum absolute atomic E-state index is 0.421. The van der Waals surface area contributed by atoms with E-state index in [1.54, 1.807) is 6.07 Å². The van der Waals surface area contributed by atoms with Gasteiger partial charge in [0.2, 0.25) is 5.82 Å². The summed E-state index contributed by atoms with van der Waals surface area (Å²) < 4.78 is 12.4. The summed E-state index contributed by atoms with van der Waals surface area (Å²) in [7, 11) is 0. The highest BCUT2D eigenvalue weighted by Gasteiger charge is 2.10. The molecule has 2 rings (SSSR count). The second kappa shape index (κ2) is 7.89. The number of phenolic OH excluding ortho intramolecular Hbond substituents is 1. The SMILES string of the molecule is CCCc1ccccc1O.O=[N+]([O-])c1ccccc1F. The molecule has 0 unspecified atom stereocenters. The Hall–Kier alpha value is -2.43. The van der Waals surface area contributed by atoms with Gasteiger partial charge < -0.3 is 5.11 Å². The van der Waals surface area contributed by atoms with Crippen LogP contribution in [-0.2, 0) is 6.42 Å². The van der Waals surface area contributed by atoms with Crippen molar-refractivity contribution in [3.05, 3.63) is 70.0 Å². The average Bonchev–Trinajstić information content (AvgIpc) is 2.42. The molecular formula is C15H16FNO3. The molecule has 2 aromatic carbocycles. The van der Waals surface area contributed by atoms with Gasteiger partial charge in [-0.2, -0.15) is 4.39 Å². The third-order valence-corrected chi connectivity index (χ3v) is 2.56. The standard InChI is InChI=1S/C9H12O.C6H4FNO2/c1-2-5-8-6-3-4-7-9(8)10;7-5-3-1-2-4-6(5)8(9)10/h3-4,6-7,10H,2,5H2,1H3;1-4H. The molecule has 0 aliphatic carbocycles. The van der Waals surface area contributed by atoms with E-state index in [4.69, 9.17) is 0 Å². The lowest BCUT2D eigenvalue weighted by molar-refractivity contribution is -0.387. The third kappa shape index (κ3) is 4.68. The van der Waals surface area contributed by atoms with Crippen molar-refractivity contribution in [3.8, 4) is 5.75 Å². The summed E-state index contributed by atoms with van der Waals surface area (Å²) in [4.78, 5) is 9.23. The number of halogens is 1. The molecule has 0 saturated carbocycles. The van der Waals surface area contributed by atoms with Gasteiger partial charge in [0.15, 0.2) is 0 Å². The van der Waals surface area contributed by atoms with Crippen LogP contribution in [0.4, 0.5) is 10.1 Å². The minimum atomic E-state index is -0.799. The fraction of sp³-hybridized carbons (Fsp3) is 0.200. The maximum absolute atomic E-state index is 12.4. The number of nitro groups is 1. The van der Waals surface area contributed by atoms with Crippen LogP contribution in [0, 0.1) is 15.9 Å². The molecule has 0 fully saturated rings. The Bertz CT molecular complexity index is 573. The molecule has 20 heavy (non-hydrogen) atoms. The summed E-state index contributed by atoms with van der Waals surface area (Å²) >= 11 is 0. The van der Waals surface area contributed by atoms with E-state index in [2.05, 4.69) is 6.92 Å². The molecule has 0 radical (unpaired) electrons. The maximum Gasteiger partial charge on any atom is 0.304 e. The fourth-order valence-corrected chi connectivity index (χ4v) is 1.59. The van der Waals surface area contributed by atoms with Crippen LogP contribution in [0.2, 0.25) is 0 Å². The molecule has 0 bridgehead atoms. The first-order valence-corrected chi connectivity index (χ1v) is 6.22. The smallest absolute Gasteiger partial charge is 0.304 e. The molecule has 106 valence electrons. The number of hydrogen-bond acceptors (Lipinski definition) is 3. The molecule has 0 heterocycles. The average molecular weight is 277 g/mol. The van der Waals surface area contributed by atoms with E-state index < -0.39 is 16.4 Å². The molecule has 2 aromatic rings. The molecule has 4 nitrogen and oxygen atoms in total. The summed E-state index contributed by atoms with van der Waals surface area (Å²) in [5, 5.41) is 19.2. The highest BCUT2D eigenvalue weighted by Crippen LogP contribution is 2.16. The van der Waals surface area contributed by atoms with E-state index in [1.807, 2.05) is 18.2 Å². The highest BCUT2D eigenvalue weighted by atomic mass is 19.1.